The molecule has 0 aliphatic carbocycles. The summed E-state index contributed by atoms with van der Waals surface area (Å²) in [6.07, 6.45) is 0.225. The van der Waals surface area contributed by atoms with Crippen molar-refractivity contribution in [3.63, 3.8) is 0 Å². The van der Waals surface area contributed by atoms with E-state index in [0.717, 1.165) is 22.6 Å². The number of aromatic nitrogens is 1. The Hall–Kier alpha value is -3.06. The summed E-state index contributed by atoms with van der Waals surface area (Å²) in [7, 11) is 1.59. The summed E-state index contributed by atoms with van der Waals surface area (Å²) in [6.45, 7) is 0.236. The van der Waals surface area contributed by atoms with Crippen molar-refractivity contribution in [2.45, 2.75) is 6.42 Å². The van der Waals surface area contributed by atoms with Crippen LogP contribution in [0.4, 0.5) is 5.13 Å². The zero-order chi connectivity index (χ0) is 17.9. The number of methoxy groups -OCH3 is 1. The Kier molecular flexibility index (Phi) is 4.45. The van der Waals surface area contributed by atoms with Crippen molar-refractivity contribution in [2.75, 3.05) is 19.2 Å². The fourth-order valence-electron chi connectivity index (χ4n) is 2.71. The lowest BCUT2D eigenvalue weighted by molar-refractivity contribution is -0.115. The molecule has 6 nitrogen and oxygen atoms in total. The Labute approximate surface area is 154 Å². The second kappa shape index (κ2) is 7.05. The quantitative estimate of drug-likeness (QED) is 0.743. The number of hydrogen-bond donors (Lipinski definition) is 1. The van der Waals surface area contributed by atoms with Crippen molar-refractivity contribution in [1.29, 1.82) is 0 Å². The van der Waals surface area contributed by atoms with E-state index in [1.807, 2.05) is 47.8 Å². The molecule has 1 aliphatic rings. The number of carbonyl (C=O) groups excluding carboxylic acids is 1. The molecule has 132 valence electrons. The number of rotatable bonds is 5. The molecule has 1 aliphatic heterocycles. The lowest BCUT2D eigenvalue weighted by Gasteiger charge is -2.07. The van der Waals surface area contributed by atoms with Crippen molar-refractivity contribution in [3.8, 4) is 28.5 Å². The van der Waals surface area contributed by atoms with Gasteiger partial charge < -0.3 is 19.5 Å². The van der Waals surface area contributed by atoms with Crippen LogP contribution in [0.1, 0.15) is 5.56 Å². The molecule has 0 radical (unpaired) electrons. The zero-order valence-corrected chi connectivity index (χ0v) is 14.8. The van der Waals surface area contributed by atoms with Crippen LogP contribution < -0.4 is 19.5 Å². The molecular formula is C19H16N2O4S. The van der Waals surface area contributed by atoms with Crippen LogP contribution in [0.5, 0.6) is 17.2 Å². The molecule has 1 amide bonds. The van der Waals surface area contributed by atoms with E-state index in [1.165, 1.54) is 11.3 Å². The van der Waals surface area contributed by atoms with Gasteiger partial charge in [0.2, 0.25) is 12.7 Å². The summed E-state index contributed by atoms with van der Waals surface area (Å²) < 4.78 is 16.0. The van der Waals surface area contributed by atoms with Crippen LogP contribution in [0, 0.1) is 0 Å². The molecule has 1 N–H and O–H groups in total. The highest BCUT2D eigenvalue weighted by Gasteiger charge is 2.16. The first kappa shape index (κ1) is 16.4. The third-order valence-electron chi connectivity index (χ3n) is 3.96. The molecule has 2 aromatic carbocycles. The highest BCUT2D eigenvalue weighted by Crippen LogP contribution is 2.36. The van der Waals surface area contributed by atoms with Gasteiger partial charge in [-0.15, -0.1) is 11.3 Å². The Bertz CT molecular complexity index is 954. The third-order valence-corrected chi connectivity index (χ3v) is 4.72. The lowest BCUT2D eigenvalue weighted by atomic mass is 10.1. The number of para-hydroxylation sites is 1. The molecular weight excluding hydrogens is 352 g/mol. The summed E-state index contributed by atoms with van der Waals surface area (Å²) in [6, 6.07) is 13.1. The van der Waals surface area contributed by atoms with Crippen LogP contribution in [-0.4, -0.2) is 24.8 Å². The molecule has 0 saturated heterocycles. The summed E-state index contributed by atoms with van der Waals surface area (Å²) in [4.78, 5) is 16.8. The first-order valence-electron chi connectivity index (χ1n) is 8.00. The number of thiazole rings is 1. The molecule has 1 aromatic heterocycles. The first-order chi connectivity index (χ1) is 12.7. The van der Waals surface area contributed by atoms with Gasteiger partial charge in [0.1, 0.15) is 5.75 Å². The van der Waals surface area contributed by atoms with Gasteiger partial charge in [-0.25, -0.2) is 4.98 Å². The van der Waals surface area contributed by atoms with Crippen LogP contribution >= 0.6 is 11.3 Å². The highest BCUT2D eigenvalue weighted by molar-refractivity contribution is 7.14. The van der Waals surface area contributed by atoms with Crippen LogP contribution in [0.15, 0.2) is 47.8 Å². The average Bonchev–Trinajstić information content (AvgIpc) is 3.30. The number of hydrogen-bond acceptors (Lipinski definition) is 6. The monoisotopic (exact) mass is 368 g/mol. The molecule has 0 spiro atoms. The molecule has 3 aromatic rings. The molecule has 4 rings (SSSR count). The predicted molar refractivity (Wildman–Crippen MR) is 99.0 cm³/mol. The standard InChI is InChI=1S/C19H16N2O4S/c1-23-15-5-3-2-4-13(15)9-18(22)21-19-20-14(10-26-19)12-6-7-16-17(8-12)25-11-24-16/h2-8,10H,9,11H2,1H3,(H,20,21,22). The van der Waals surface area contributed by atoms with Crippen molar-refractivity contribution in [3.05, 3.63) is 53.4 Å². The lowest BCUT2D eigenvalue weighted by Crippen LogP contribution is -2.14. The number of carbonyl (C=O) groups is 1. The van der Waals surface area contributed by atoms with Crippen LogP contribution in [0.3, 0.4) is 0 Å². The molecule has 26 heavy (non-hydrogen) atoms. The van der Waals surface area contributed by atoms with Crippen LogP contribution in [0.25, 0.3) is 11.3 Å². The van der Waals surface area contributed by atoms with Gasteiger partial charge in [-0.1, -0.05) is 18.2 Å². The minimum Gasteiger partial charge on any atom is -0.496 e. The molecule has 0 saturated carbocycles. The Morgan fingerprint density at radius 1 is 1.23 bits per heavy atom. The van der Waals surface area contributed by atoms with E-state index < -0.39 is 0 Å². The van der Waals surface area contributed by atoms with E-state index in [-0.39, 0.29) is 19.1 Å². The van der Waals surface area contributed by atoms with Crippen molar-refractivity contribution in [2.24, 2.45) is 0 Å². The van der Waals surface area contributed by atoms with Gasteiger partial charge in [0.05, 0.1) is 19.2 Å². The number of ether oxygens (including phenoxy) is 3. The normalized spacial score (nSPS) is 12.0. The molecule has 0 atom stereocenters. The van der Waals surface area contributed by atoms with E-state index in [2.05, 4.69) is 10.3 Å². The van der Waals surface area contributed by atoms with Crippen LogP contribution in [0.2, 0.25) is 0 Å². The van der Waals surface area contributed by atoms with Crippen molar-refractivity contribution >= 4 is 22.4 Å². The number of benzene rings is 2. The van der Waals surface area contributed by atoms with Gasteiger partial charge in [-0.2, -0.15) is 0 Å². The Balaban J connectivity index is 1.46. The average molecular weight is 368 g/mol. The third kappa shape index (κ3) is 3.34. The summed E-state index contributed by atoms with van der Waals surface area (Å²) >= 11 is 1.38. The topological polar surface area (TPSA) is 69.7 Å². The fraction of sp³-hybridized carbons (Fsp3) is 0.158. The molecule has 0 fully saturated rings. The van der Waals surface area contributed by atoms with Crippen molar-refractivity contribution in [1.82, 2.24) is 4.98 Å². The fourth-order valence-corrected chi connectivity index (χ4v) is 3.44. The van der Waals surface area contributed by atoms with Gasteiger partial charge in [-0.3, -0.25) is 4.79 Å². The van der Waals surface area contributed by atoms with E-state index in [1.54, 1.807) is 7.11 Å². The molecule has 2 heterocycles. The minimum absolute atomic E-state index is 0.138. The zero-order valence-electron chi connectivity index (χ0n) is 14.0. The van der Waals surface area contributed by atoms with Crippen molar-refractivity contribution < 1.29 is 19.0 Å². The molecule has 0 unspecified atom stereocenters. The first-order valence-corrected chi connectivity index (χ1v) is 8.88. The highest BCUT2D eigenvalue weighted by atomic mass is 32.1. The van der Waals surface area contributed by atoms with E-state index >= 15 is 0 Å². The maximum atomic E-state index is 12.3. The summed E-state index contributed by atoms with van der Waals surface area (Å²) in [5, 5.41) is 5.29. The van der Waals surface area contributed by atoms with Gasteiger partial charge >= 0.3 is 0 Å². The Morgan fingerprint density at radius 3 is 2.96 bits per heavy atom. The number of nitrogens with one attached hydrogen (secondary N) is 1. The van der Waals surface area contributed by atoms with Crippen LogP contribution in [-0.2, 0) is 11.2 Å². The molecule has 7 heteroatoms. The van der Waals surface area contributed by atoms with Gasteiger partial charge in [0.15, 0.2) is 16.6 Å². The minimum atomic E-state index is -0.138. The van der Waals surface area contributed by atoms with E-state index in [0.29, 0.717) is 16.6 Å². The summed E-state index contributed by atoms with van der Waals surface area (Å²) in [5.41, 5.74) is 2.52. The number of anilines is 1. The van der Waals surface area contributed by atoms with Gasteiger partial charge in [0.25, 0.3) is 0 Å². The second-order valence-electron chi connectivity index (χ2n) is 5.64. The SMILES string of the molecule is COc1ccccc1CC(=O)Nc1nc(-c2ccc3c(c2)OCO3)cs1. The predicted octanol–water partition coefficient (Wildman–Crippen LogP) is 3.73. The summed E-state index contributed by atoms with van der Waals surface area (Å²) in [5.74, 6) is 2.00. The number of fused-ring (bicyclic) bond motifs is 1. The Morgan fingerprint density at radius 2 is 2.08 bits per heavy atom. The van der Waals surface area contributed by atoms with Gasteiger partial charge in [-0.05, 0) is 24.3 Å². The number of amides is 1. The van der Waals surface area contributed by atoms with Gasteiger partial charge in [0, 0.05) is 16.5 Å². The smallest absolute Gasteiger partial charge is 0.231 e. The largest absolute Gasteiger partial charge is 0.496 e. The van der Waals surface area contributed by atoms with E-state index in [4.69, 9.17) is 14.2 Å². The number of nitrogens with zero attached hydrogens (tertiary/aromatic N) is 1. The molecule has 0 bridgehead atoms. The van der Waals surface area contributed by atoms with E-state index in [9.17, 15) is 4.79 Å². The maximum absolute atomic E-state index is 12.3. The maximum Gasteiger partial charge on any atom is 0.231 e. The second-order valence-corrected chi connectivity index (χ2v) is 6.50.